The second-order valence-corrected chi connectivity index (χ2v) is 8.09. The van der Waals surface area contributed by atoms with Crippen LogP contribution in [0.2, 0.25) is 0 Å². The largest absolute Gasteiger partial charge is 0.461 e. The molecule has 0 aliphatic carbocycles. The van der Waals surface area contributed by atoms with Crippen molar-refractivity contribution < 1.29 is 37.3 Å². The first-order chi connectivity index (χ1) is 12.8. The van der Waals surface area contributed by atoms with Gasteiger partial charge in [-0.2, -0.15) is 13.2 Å². The molecule has 0 aromatic heterocycles. The number of carbonyl (C=O) groups is 2. The molecule has 1 N–H and O–H groups in total. The van der Waals surface area contributed by atoms with E-state index in [-0.39, 0.29) is 30.4 Å². The lowest BCUT2D eigenvalue weighted by atomic mass is 9.92. The predicted octanol–water partition coefficient (Wildman–Crippen LogP) is 3.75. The monoisotopic (exact) mass is 400 g/mol. The highest BCUT2D eigenvalue weighted by Gasteiger charge is 2.44. The Morgan fingerprint density at radius 2 is 1.86 bits per heavy atom. The topological polar surface area (TPSA) is 72.8 Å². The lowest BCUT2D eigenvalue weighted by Gasteiger charge is -2.25. The lowest BCUT2D eigenvalue weighted by molar-refractivity contribution is -0.167. The van der Waals surface area contributed by atoms with Gasteiger partial charge in [0.05, 0.1) is 18.6 Å². The molecule has 1 aromatic rings. The number of hydrogen-bond donors (Lipinski definition) is 1. The standard InChI is InChI=1S/C20H23F3O5/c1-18(2,3)10-16(25)27-12-19(11-24)9-14(17(26)28-19)8-13-4-6-15(7-5-13)20(21,22)23/h4-8,24H,9-12H2,1-3H3/b14-8-. The van der Waals surface area contributed by atoms with Crippen molar-refractivity contribution in [3.8, 4) is 0 Å². The molecule has 0 saturated carbocycles. The van der Waals surface area contributed by atoms with Gasteiger partial charge in [0.1, 0.15) is 6.61 Å². The highest BCUT2D eigenvalue weighted by atomic mass is 19.4. The number of aliphatic hydroxyl groups excluding tert-OH is 1. The number of aliphatic hydroxyl groups is 1. The van der Waals surface area contributed by atoms with E-state index in [9.17, 15) is 27.9 Å². The maximum Gasteiger partial charge on any atom is 0.416 e. The third kappa shape index (κ3) is 5.82. The van der Waals surface area contributed by atoms with E-state index < -0.39 is 35.9 Å². The fourth-order valence-electron chi connectivity index (χ4n) is 2.71. The Bertz CT molecular complexity index is 760. The molecule has 1 aromatic carbocycles. The zero-order valence-electron chi connectivity index (χ0n) is 15.9. The smallest absolute Gasteiger partial charge is 0.416 e. The van der Waals surface area contributed by atoms with Gasteiger partial charge in [-0.3, -0.25) is 4.79 Å². The van der Waals surface area contributed by atoms with Crippen LogP contribution in [0.4, 0.5) is 13.2 Å². The van der Waals surface area contributed by atoms with Crippen molar-refractivity contribution in [2.75, 3.05) is 13.2 Å². The second kappa shape index (κ2) is 7.95. The molecule has 0 radical (unpaired) electrons. The summed E-state index contributed by atoms with van der Waals surface area (Å²) in [6.45, 7) is 4.77. The number of esters is 2. The number of carbonyl (C=O) groups excluding carboxylic acids is 2. The quantitative estimate of drug-likeness (QED) is 0.602. The van der Waals surface area contributed by atoms with Gasteiger partial charge in [-0.15, -0.1) is 0 Å². The normalized spacial score (nSPS) is 21.7. The number of benzene rings is 1. The van der Waals surface area contributed by atoms with E-state index >= 15 is 0 Å². The van der Waals surface area contributed by atoms with Gasteiger partial charge in [-0.05, 0) is 29.2 Å². The highest BCUT2D eigenvalue weighted by Crippen LogP contribution is 2.34. The van der Waals surface area contributed by atoms with Crippen LogP contribution in [-0.4, -0.2) is 35.9 Å². The summed E-state index contributed by atoms with van der Waals surface area (Å²) in [6, 6.07) is 4.32. The summed E-state index contributed by atoms with van der Waals surface area (Å²) in [5.41, 5.74) is -1.88. The molecule has 1 saturated heterocycles. The Labute approximate surface area is 161 Å². The van der Waals surface area contributed by atoms with Crippen LogP contribution in [0.25, 0.3) is 6.08 Å². The Kier molecular flexibility index (Phi) is 6.23. The maximum atomic E-state index is 12.6. The van der Waals surface area contributed by atoms with Crippen molar-refractivity contribution in [3.63, 3.8) is 0 Å². The van der Waals surface area contributed by atoms with Crippen molar-refractivity contribution in [2.24, 2.45) is 5.41 Å². The molecular formula is C20H23F3O5. The Morgan fingerprint density at radius 3 is 2.36 bits per heavy atom. The van der Waals surface area contributed by atoms with Crippen molar-refractivity contribution in [2.45, 2.75) is 45.4 Å². The van der Waals surface area contributed by atoms with Crippen LogP contribution in [-0.2, 0) is 25.2 Å². The molecule has 1 unspecified atom stereocenters. The van der Waals surface area contributed by atoms with Gasteiger partial charge < -0.3 is 14.6 Å². The minimum absolute atomic E-state index is 0.0217. The molecule has 0 amide bonds. The Balaban J connectivity index is 2.09. The first-order valence-corrected chi connectivity index (χ1v) is 8.71. The molecule has 1 aliphatic heterocycles. The first kappa shape index (κ1) is 21.9. The molecule has 1 heterocycles. The van der Waals surface area contributed by atoms with Crippen LogP contribution in [0.1, 0.15) is 44.7 Å². The molecule has 154 valence electrons. The highest BCUT2D eigenvalue weighted by molar-refractivity contribution is 5.96. The molecule has 0 bridgehead atoms. The number of alkyl halides is 3. The minimum Gasteiger partial charge on any atom is -0.461 e. The molecule has 8 heteroatoms. The van der Waals surface area contributed by atoms with E-state index in [1.807, 2.05) is 20.8 Å². The second-order valence-electron chi connectivity index (χ2n) is 8.09. The third-order valence-electron chi connectivity index (χ3n) is 4.12. The summed E-state index contributed by atoms with van der Waals surface area (Å²) in [5.74, 6) is -1.18. The summed E-state index contributed by atoms with van der Waals surface area (Å²) in [4.78, 5) is 24.0. The van der Waals surface area contributed by atoms with Crippen LogP contribution in [0.5, 0.6) is 0 Å². The van der Waals surface area contributed by atoms with Crippen molar-refractivity contribution in [3.05, 3.63) is 41.0 Å². The van der Waals surface area contributed by atoms with Crippen molar-refractivity contribution >= 4 is 18.0 Å². The average Bonchev–Trinajstić information content (AvgIpc) is 2.88. The zero-order valence-corrected chi connectivity index (χ0v) is 15.9. The number of ether oxygens (including phenoxy) is 2. The van der Waals surface area contributed by atoms with Crippen molar-refractivity contribution in [1.82, 2.24) is 0 Å². The van der Waals surface area contributed by atoms with Gasteiger partial charge in [0, 0.05) is 12.0 Å². The first-order valence-electron chi connectivity index (χ1n) is 8.71. The summed E-state index contributed by atoms with van der Waals surface area (Å²) < 4.78 is 48.3. The molecule has 1 atom stereocenters. The predicted molar refractivity (Wildman–Crippen MR) is 95.0 cm³/mol. The van der Waals surface area contributed by atoms with E-state index in [2.05, 4.69) is 0 Å². The molecule has 1 aliphatic rings. The van der Waals surface area contributed by atoms with Gasteiger partial charge in [0.25, 0.3) is 0 Å². The van der Waals surface area contributed by atoms with Crippen molar-refractivity contribution in [1.29, 1.82) is 0 Å². The average molecular weight is 400 g/mol. The van der Waals surface area contributed by atoms with Crippen LogP contribution in [0.15, 0.2) is 29.8 Å². The minimum atomic E-state index is -4.44. The van der Waals surface area contributed by atoms with Crippen LogP contribution < -0.4 is 0 Å². The molecule has 1 fully saturated rings. The summed E-state index contributed by atoms with van der Waals surface area (Å²) in [5, 5.41) is 9.67. The number of hydrogen-bond acceptors (Lipinski definition) is 5. The van der Waals surface area contributed by atoms with Gasteiger partial charge in [-0.25, -0.2) is 4.79 Å². The van der Waals surface area contributed by atoms with E-state index in [1.165, 1.54) is 18.2 Å². The Morgan fingerprint density at radius 1 is 1.25 bits per heavy atom. The van der Waals surface area contributed by atoms with Crippen LogP contribution in [0, 0.1) is 5.41 Å². The third-order valence-corrected chi connectivity index (χ3v) is 4.12. The van der Waals surface area contributed by atoms with E-state index in [0.29, 0.717) is 5.56 Å². The summed E-state index contributed by atoms with van der Waals surface area (Å²) >= 11 is 0. The maximum absolute atomic E-state index is 12.6. The number of rotatable bonds is 5. The van der Waals surface area contributed by atoms with Gasteiger partial charge in [0.2, 0.25) is 0 Å². The van der Waals surface area contributed by atoms with Crippen LogP contribution >= 0.6 is 0 Å². The lowest BCUT2D eigenvalue weighted by Crippen LogP contribution is -2.39. The molecular weight excluding hydrogens is 377 g/mol. The molecule has 28 heavy (non-hydrogen) atoms. The summed E-state index contributed by atoms with van der Waals surface area (Å²) in [6.07, 6.45) is -2.90. The molecule has 5 nitrogen and oxygen atoms in total. The zero-order chi connectivity index (χ0) is 21.2. The molecule has 2 rings (SSSR count). The van der Waals surface area contributed by atoms with Gasteiger partial charge in [0.15, 0.2) is 5.60 Å². The Hall–Kier alpha value is -2.35. The fourth-order valence-corrected chi connectivity index (χ4v) is 2.71. The molecule has 0 spiro atoms. The van der Waals surface area contributed by atoms with E-state index in [0.717, 1.165) is 12.1 Å². The fraction of sp³-hybridized carbons (Fsp3) is 0.500. The SMILES string of the molecule is CC(C)(C)CC(=O)OCC1(CO)C/C(=C/c2ccc(C(F)(F)F)cc2)C(=O)O1. The van der Waals surface area contributed by atoms with Gasteiger partial charge >= 0.3 is 18.1 Å². The van der Waals surface area contributed by atoms with E-state index in [1.54, 1.807) is 0 Å². The van der Waals surface area contributed by atoms with Crippen LogP contribution in [0.3, 0.4) is 0 Å². The number of cyclic esters (lactones) is 1. The van der Waals surface area contributed by atoms with Gasteiger partial charge in [-0.1, -0.05) is 32.9 Å². The summed E-state index contributed by atoms with van der Waals surface area (Å²) in [7, 11) is 0. The van der Waals surface area contributed by atoms with E-state index in [4.69, 9.17) is 9.47 Å². The number of halogens is 3.